The average Bonchev–Trinajstić information content (AvgIpc) is 4.08. The summed E-state index contributed by atoms with van der Waals surface area (Å²) in [6.07, 6.45) is 11.8. The lowest BCUT2D eigenvalue weighted by atomic mass is 9.73. The van der Waals surface area contributed by atoms with Crippen LogP contribution in [0.4, 0.5) is 0 Å². The first-order valence-corrected chi connectivity index (χ1v) is 21.8. The van der Waals surface area contributed by atoms with Gasteiger partial charge in [0.1, 0.15) is 22.8 Å². The zero-order valence-electron chi connectivity index (χ0n) is 33.2. The van der Waals surface area contributed by atoms with Crippen LogP contribution in [0.25, 0.3) is 44.3 Å². The molecule has 10 heterocycles. The molecule has 6 aliphatic heterocycles. The number of carbonyl (C=O) groups excluding carboxylic acids is 2. The molecular formula is C46H46Cl2N8O4. The molecule has 6 aromatic rings. The van der Waals surface area contributed by atoms with Crippen LogP contribution in [-0.2, 0) is 22.4 Å². The van der Waals surface area contributed by atoms with Crippen molar-refractivity contribution in [2.45, 2.75) is 50.7 Å². The third-order valence-electron chi connectivity index (χ3n) is 13.9. The zero-order valence-corrected chi connectivity index (χ0v) is 34.7. The van der Waals surface area contributed by atoms with E-state index in [0.29, 0.717) is 33.7 Å². The van der Waals surface area contributed by atoms with Crippen molar-refractivity contribution >= 4 is 57.1 Å². The number of hydrogen-bond acceptors (Lipinski definition) is 8. The molecule has 14 heteroatoms. The van der Waals surface area contributed by atoms with Crippen molar-refractivity contribution in [3.63, 3.8) is 0 Å². The smallest absolute Gasteiger partial charge is 0.263 e. The molecule has 6 aliphatic rings. The number of hydrogen-bond donors (Lipinski definition) is 4. The molecule has 4 saturated heterocycles. The summed E-state index contributed by atoms with van der Waals surface area (Å²) in [5.74, 6) is 1.72. The number of halogens is 2. The van der Waals surface area contributed by atoms with Gasteiger partial charge in [-0.25, -0.2) is 9.97 Å². The van der Waals surface area contributed by atoms with Crippen molar-refractivity contribution < 1.29 is 19.1 Å². The van der Waals surface area contributed by atoms with Crippen molar-refractivity contribution in [3.05, 3.63) is 94.5 Å². The molecule has 12 rings (SSSR count). The van der Waals surface area contributed by atoms with E-state index >= 15 is 0 Å². The summed E-state index contributed by atoms with van der Waals surface area (Å²) in [4.78, 5) is 45.5. The molecule has 4 N–H and O–H groups in total. The third-order valence-corrected chi connectivity index (χ3v) is 14.4. The van der Waals surface area contributed by atoms with E-state index in [0.717, 1.165) is 145 Å². The maximum absolute atomic E-state index is 13.2. The van der Waals surface area contributed by atoms with Gasteiger partial charge in [0.05, 0.1) is 0 Å². The number of nitrogens with one attached hydrogen (secondary N) is 4. The van der Waals surface area contributed by atoms with Crippen molar-refractivity contribution in [3.8, 4) is 33.8 Å². The minimum absolute atomic E-state index is 0.0944. The number of piperidine rings is 2. The van der Waals surface area contributed by atoms with Crippen molar-refractivity contribution in [2.24, 2.45) is 10.8 Å². The standard InChI is InChI=1S/2C23H23ClN4O2/c2*24-15-9-14-10-19(22(29)28-7-3-23(4-8-28)12-25-13-23)30-20(14)18(11-15)16-1-5-26-21-17(16)2-6-27-21/h2*1-2,5-6,9,11,19,25H,3-4,7-8,10,12-13H2,(H,26,27)/t2*19-/m10/s1. The van der Waals surface area contributed by atoms with E-state index in [4.69, 9.17) is 32.7 Å². The van der Waals surface area contributed by atoms with Crippen LogP contribution >= 0.6 is 23.2 Å². The summed E-state index contributed by atoms with van der Waals surface area (Å²) in [5.41, 5.74) is 8.30. The number of benzene rings is 2. The SMILES string of the molecule is O=C([C@@H]1Cc2cc(Cl)cc(-c3ccnc4[nH]ccc34)c2O1)N1CCC2(CC1)CNC2.O=C([C@H]1Cc2cc(Cl)cc(-c3ccnc4[nH]ccc34)c2O1)N1CCC2(CC1)CNC2. The molecule has 2 atom stereocenters. The van der Waals surface area contributed by atoms with Crippen molar-refractivity contribution in [2.75, 3.05) is 52.4 Å². The van der Waals surface area contributed by atoms with Gasteiger partial charge in [-0.15, -0.1) is 0 Å². The van der Waals surface area contributed by atoms with Crippen LogP contribution in [-0.4, -0.2) is 106 Å². The van der Waals surface area contributed by atoms with Crippen LogP contribution in [0, 0.1) is 10.8 Å². The highest BCUT2D eigenvalue weighted by Gasteiger charge is 2.44. The summed E-state index contributed by atoms with van der Waals surface area (Å²) in [5, 5.41) is 10.1. The van der Waals surface area contributed by atoms with E-state index in [9.17, 15) is 9.59 Å². The molecule has 12 nitrogen and oxygen atoms in total. The van der Waals surface area contributed by atoms with Crippen molar-refractivity contribution in [1.82, 2.24) is 40.4 Å². The van der Waals surface area contributed by atoms with Gasteiger partial charge < -0.3 is 39.9 Å². The van der Waals surface area contributed by atoms with Gasteiger partial charge in [0.15, 0.2) is 12.2 Å². The molecule has 4 aromatic heterocycles. The van der Waals surface area contributed by atoms with Crippen LogP contribution in [0.3, 0.4) is 0 Å². The Morgan fingerprint density at radius 2 is 1.02 bits per heavy atom. The number of carbonyl (C=O) groups is 2. The lowest BCUT2D eigenvalue weighted by Crippen LogP contribution is -2.59. The fourth-order valence-corrected chi connectivity index (χ4v) is 10.7. The quantitative estimate of drug-likeness (QED) is 0.152. The fraction of sp³-hybridized carbons (Fsp3) is 0.391. The van der Waals surface area contributed by atoms with Gasteiger partial charge in [-0.05, 0) is 96.2 Å². The Labute approximate surface area is 357 Å². The van der Waals surface area contributed by atoms with Gasteiger partial charge in [0, 0.05) is 133 Å². The van der Waals surface area contributed by atoms with Gasteiger partial charge >= 0.3 is 0 Å². The summed E-state index contributed by atoms with van der Waals surface area (Å²) in [6, 6.07) is 15.6. The summed E-state index contributed by atoms with van der Waals surface area (Å²) < 4.78 is 12.6. The van der Waals surface area contributed by atoms with E-state index < -0.39 is 12.2 Å². The minimum Gasteiger partial charge on any atom is -0.479 e. The molecule has 0 bridgehead atoms. The Kier molecular flexibility index (Phi) is 9.33. The molecule has 2 aromatic carbocycles. The fourth-order valence-electron chi connectivity index (χ4n) is 10.2. The van der Waals surface area contributed by atoms with Crippen LogP contribution in [0.5, 0.6) is 11.5 Å². The van der Waals surface area contributed by atoms with Crippen molar-refractivity contribution in [1.29, 1.82) is 0 Å². The Morgan fingerprint density at radius 3 is 1.40 bits per heavy atom. The highest BCUT2D eigenvalue weighted by Crippen LogP contribution is 2.46. The first-order chi connectivity index (χ1) is 29.2. The topological polar surface area (TPSA) is 140 Å². The highest BCUT2D eigenvalue weighted by molar-refractivity contribution is 6.31. The van der Waals surface area contributed by atoms with E-state index in [-0.39, 0.29) is 11.8 Å². The molecular weight excluding hydrogens is 799 g/mol. The van der Waals surface area contributed by atoms with Crippen LogP contribution in [0.1, 0.15) is 36.8 Å². The van der Waals surface area contributed by atoms with E-state index in [1.165, 1.54) is 0 Å². The number of aromatic amines is 2. The Balaban J connectivity index is 0.000000136. The Morgan fingerprint density at radius 1 is 0.600 bits per heavy atom. The zero-order chi connectivity index (χ0) is 40.6. The molecule has 2 amide bonds. The van der Waals surface area contributed by atoms with Crippen LogP contribution in [0.2, 0.25) is 10.0 Å². The van der Waals surface area contributed by atoms with E-state index in [1.54, 1.807) is 12.4 Å². The molecule has 0 radical (unpaired) electrons. The number of H-pyrrole nitrogens is 2. The number of rotatable bonds is 4. The van der Waals surface area contributed by atoms with Gasteiger partial charge in [0.25, 0.3) is 11.8 Å². The van der Waals surface area contributed by atoms with E-state index in [2.05, 4.69) is 30.6 Å². The first-order valence-electron chi connectivity index (χ1n) is 21.1. The second-order valence-electron chi connectivity index (χ2n) is 17.6. The minimum atomic E-state index is -0.477. The Bertz CT molecular complexity index is 2470. The number of aromatic nitrogens is 4. The lowest BCUT2D eigenvalue weighted by molar-refractivity contribution is -0.141. The average molecular weight is 846 g/mol. The predicted octanol–water partition coefficient (Wildman–Crippen LogP) is 6.80. The summed E-state index contributed by atoms with van der Waals surface area (Å²) in [6.45, 7) is 7.61. The third kappa shape index (κ3) is 6.59. The van der Waals surface area contributed by atoms with Gasteiger partial charge in [-0.2, -0.15) is 0 Å². The highest BCUT2D eigenvalue weighted by atomic mass is 35.5. The number of nitrogens with zero attached hydrogens (tertiary/aromatic N) is 4. The van der Waals surface area contributed by atoms with Gasteiger partial charge in [0.2, 0.25) is 0 Å². The maximum atomic E-state index is 13.2. The summed E-state index contributed by atoms with van der Waals surface area (Å²) >= 11 is 12.9. The molecule has 0 saturated carbocycles. The number of ether oxygens (including phenoxy) is 2. The van der Waals surface area contributed by atoms with Gasteiger partial charge in [-0.1, -0.05) is 23.2 Å². The molecule has 0 unspecified atom stereocenters. The first kappa shape index (κ1) is 37.8. The second kappa shape index (κ2) is 14.8. The largest absolute Gasteiger partial charge is 0.479 e. The number of fused-ring (bicyclic) bond motifs is 4. The van der Waals surface area contributed by atoms with E-state index in [1.807, 2.05) is 70.7 Å². The molecule has 2 spiro atoms. The summed E-state index contributed by atoms with van der Waals surface area (Å²) in [7, 11) is 0. The monoisotopic (exact) mass is 844 g/mol. The van der Waals surface area contributed by atoms with Crippen LogP contribution < -0.4 is 20.1 Å². The number of likely N-dealkylation sites (tertiary alicyclic amines) is 2. The maximum Gasteiger partial charge on any atom is 0.263 e. The van der Waals surface area contributed by atoms with Crippen LogP contribution in [0.15, 0.2) is 73.3 Å². The predicted molar refractivity (Wildman–Crippen MR) is 232 cm³/mol. The molecule has 60 heavy (non-hydrogen) atoms. The number of pyridine rings is 2. The normalized spacial score (nSPS) is 22.0. The van der Waals surface area contributed by atoms with Gasteiger partial charge in [-0.3, -0.25) is 9.59 Å². The molecule has 0 aliphatic carbocycles. The molecule has 4 fully saturated rings. The Hall–Kier alpha value is -5.14. The molecule has 308 valence electrons. The number of amides is 2. The lowest BCUT2D eigenvalue weighted by Gasteiger charge is -2.48. The second-order valence-corrected chi connectivity index (χ2v) is 18.4.